The normalized spacial score (nSPS) is 10.5. The number of alkyl halides is 2. The Morgan fingerprint density at radius 1 is 1.36 bits per heavy atom. The summed E-state index contributed by atoms with van der Waals surface area (Å²) >= 11 is 3.90. The van der Waals surface area contributed by atoms with E-state index < -0.39 is 6.43 Å². The third-order valence-electron chi connectivity index (χ3n) is 1.35. The van der Waals surface area contributed by atoms with Crippen LogP contribution in [0, 0.1) is 0 Å². The van der Waals surface area contributed by atoms with Crippen LogP contribution in [-0.4, -0.2) is 0 Å². The number of thiol groups is 1. The second-order valence-corrected chi connectivity index (χ2v) is 2.56. The summed E-state index contributed by atoms with van der Waals surface area (Å²) in [5.74, 6) is 0. The molecule has 0 spiro atoms. The Morgan fingerprint density at radius 3 is 2.45 bits per heavy atom. The zero-order chi connectivity index (χ0) is 8.43. The van der Waals surface area contributed by atoms with E-state index in [4.69, 9.17) is 5.73 Å². The van der Waals surface area contributed by atoms with E-state index in [-0.39, 0.29) is 11.3 Å². The average molecular weight is 175 g/mol. The molecule has 0 radical (unpaired) electrons. The standard InChI is InChI=1S/C7H7F2NS/c8-7(9)4-2-1-3-5(11)6(4)10/h1-3,7,11H,10H2. The number of halogens is 2. The number of rotatable bonds is 1. The van der Waals surface area contributed by atoms with Crippen LogP contribution in [-0.2, 0) is 0 Å². The molecule has 0 unspecified atom stereocenters. The topological polar surface area (TPSA) is 26.0 Å². The Hall–Kier alpha value is -0.770. The Kier molecular flexibility index (Phi) is 2.34. The van der Waals surface area contributed by atoms with Gasteiger partial charge in [0.1, 0.15) is 0 Å². The number of benzene rings is 1. The average Bonchev–Trinajstić information content (AvgIpc) is 1.94. The molecule has 0 saturated carbocycles. The van der Waals surface area contributed by atoms with E-state index in [0.717, 1.165) is 0 Å². The van der Waals surface area contributed by atoms with Gasteiger partial charge in [0.25, 0.3) is 6.43 Å². The van der Waals surface area contributed by atoms with Crippen LogP contribution in [0.5, 0.6) is 0 Å². The van der Waals surface area contributed by atoms with Crippen molar-refractivity contribution in [1.29, 1.82) is 0 Å². The summed E-state index contributed by atoms with van der Waals surface area (Å²) in [4.78, 5) is 0.391. The second kappa shape index (κ2) is 3.09. The molecule has 0 bridgehead atoms. The molecule has 11 heavy (non-hydrogen) atoms. The van der Waals surface area contributed by atoms with Crippen LogP contribution in [0.3, 0.4) is 0 Å². The largest absolute Gasteiger partial charge is 0.397 e. The Bertz CT molecular complexity index is 263. The number of para-hydroxylation sites is 1. The third kappa shape index (κ3) is 1.63. The van der Waals surface area contributed by atoms with E-state index in [0.29, 0.717) is 4.90 Å². The first-order valence-electron chi connectivity index (χ1n) is 2.98. The highest BCUT2D eigenvalue weighted by atomic mass is 32.1. The first kappa shape index (κ1) is 8.33. The van der Waals surface area contributed by atoms with Crippen molar-refractivity contribution in [2.24, 2.45) is 0 Å². The van der Waals surface area contributed by atoms with Gasteiger partial charge < -0.3 is 5.73 Å². The van der Waals surface area contributed by atoms with Crippen molar-refractivity contribution < 1.29 is 8.78 Å². The highest BCUT2D eigenvalue weighted by Crippen LogP contribution is 2.28. The van der Waals surface area contributed by atoms with Gasteiger partial charge in [-0.2, -0.15) is 0 Å². The van der Waals surface area contributed by atoms with Crippen LogP contribution in [0.15, 0.2) is 23.1 Å². The number of hydrogen-bond donors (Lipinski definition) is 2. The van der Waals surface area contributed by atoms with Gasteiger partial charge in [-0.25, -0.2) is 8.78 Å². The number of nitrogens with two attached hydrogens (primary N) is 1. The molecule has 2 N–H and O–H groups in total. The molecule has 4 heteroatoms. The van der Waals surface area contributed by atoms with Gasteiger partial charge in [-0.1, -0.05) is 12.1 Å². The van der Waals surface area contributed by atoms with Crippen molar-refractivity contribution in [2.45, 2.75) is 11.3 Å². The smallest absolute Gasteiger partial charge is 0.265 e. The zero-order valence-electron chi connectivity index (χ0n) is 5.59. The molecule has 0 atom stereocenters. The molecule has 0 amide bonds. The highest BCUT2D eigenvalue weighted by molar-refractivity contribution is 7.80. The minimum atomic E-state index is -2.53. The van der Waals surface area contributed by atoms with Crippen LogP contribution < -0.4 is 5.73 Å². The van der Waals surface area contributed by atoms with Crippen LogP contribution >= 0.6 is 12.6 Å². The van der Waals surface area contributed by atoms with Gasteiger partial charge in [0.05, 0.1) is 5.69 Å². The quantitative estimate of drug-likeness (QED) is 0.497. The van der Waals surface area contributed by atoms with Gasteiger partial charge in [-0.05, 0) is 6.07 Å². The molecule has 1 nitrogen and oxygen atoms in total. The fraction of sp³-hybridized carbons (Fsp3) is 0.143. The van der Waals surface area contributed by atoms with Gasteiger partial charge in [0.2, 0.25) is 0 Å². The maximum absolute atomic E-state index is 12.1. The monoisotopic (exact) mass is 175 g/mol. The summed E-state index contributed by atoms with van der Waals surface area (Å²) in [5, 5.41) is 0. The van der Waals surface area contributed by atoms with E-state index in [1.165, 1.54) is 12.1 Å². The van der Waals surface area contributed by atoms with Crippen LogP contribution in [0.1, 0.15) is 12.0 Å². The van der Waals surface area contributed by atoms with Gasteiger partial charge in [-0.15, -0.1) is 12.6 Å². The summed E-state index contributed by atoms with van der Waals surface area (Å²) in [6.45, 7) is 0. The summed E-state index contributed by atoms with van der Waals surface area (Å²) < 4.78 is 24.2. The summed E-state index contributed by atoms with van der Waals surface area (Å²) in [7, 11) is 0. The van der Waals surface area contributed by atoms with E-state index in [1.807, 2.05) is 0 Å². The van der Waals surface area contributed by atoms with Gasteiger partial charge in [0.15, 0.2) is 0 Å². The van der Waals surface area contributed by atoms with E-state index in [2.05, 4.69) is 12.6 Å². The fourth-order valence-electron chi connectivity index (χ4n) is 0.761. The lowest BCUT2D eigenvalue weighted by atomic mass is 10.2. The van der Waals surface area contributed by atoms with Crippen LogP contribution in [0.2, 0.25) is 0 Å². The molecule has 0 saturated heterocycles. The number of anilines is 1. The molecule has 0 heterocycles. The van der Waals surface area contributed by atoms with Crippen molar-refractivity contribution in [3.8, 4) is 0 Å². The van der Waals surface area contributed by atoms with Crippen LogP contribution in [0.4, 0.5) is 14.5 Å². The molecular formula is C7H7F2NS. The first-order chi connectivity index (χ1) is 5.13. The molecule has 1 aromatic rings. The molecular weight excluding hydrogens is 168 g/mol. The van der Waals surface area contributed by atoms with Crippen molar-refractivity contribution in [2.75, 3.05) is 5.73 Å². The van der Waals surface area contributed by atoms with E-state index in [1.54, 1.807) is 6.07 Å². The molecule has 0 aliphatic heterocycles. The molecule has 1 aromatic carbocycles. The van der Waals surface area contributed by atoms with Crippen molar-refractivity contribution in [1.82, 2.24) is 0 Å². The van der Waals surface area contributed by atoms with Crippen molar-refractivity contribution in [3.05, 3.63) is 23.8 Å². The fourth-order valence-corrected chi connectivity index (χ4v) is 0.976. The zero-order valence-corrected chi connectivity index (χ0v) is 6.48. The predicted octanol–water partition coefficient (Wildman–Crippen LogP) is 2.50. The third-order valence-corrected chi connectivity index (χ3v) is 1.74. The molecule has 0 aliphatic rings. The summed E-state index contributed by atoms with van der Waals surface area (Å²) in [5.41, 5.74) is 5.23. The highest BCUT2D eigenvalue weighted by Gasteiger charge is 2.11. The Labute approximate surface area is 68.6 Å². The SMILES string of the molecule is Nc1c(S)cccc1C(F)F. The molecule has 0 aliphatic carbocycles. The maximum atomic E-state index is 12.1. The van der Waals surface area contributed by atoms with Crippen LogP contribution in [0.25, 0.3) is 0 Å². The van der Waals surface area contributed by atoms with Gasteiger partial charge in [-0.3, -0.25) is 0 Å². The predicted molar refractivity (Wildman–Crippen MR) is 43.1 cm³/mol. The van der Waals surface area contributed by atoms with E-state index >= 15 is 0 Å². The summed E-state index contributed by atoms with van der Waals surface area (Å²) in [6.07, 6.45) is -2.53. The molecule has 0 aromatic heterocycles. The molecule has 1 rings (SSSR count). The second-order valence-electron chi connectivity index (χ2n) is 2.08. The molecule has 0 fully saturated rings. The number of hydrogen-bond acceptors (Lipinski definition) is 2. The van der Waals surface area contributed by atoms with Gasteiger partial charge in [0, 0.05) is 10.5 Å². The van der Waals surface area contributed by atoms with E-state index in [9.17, 15) is 8.78 Å². The van der Waals surface area contributed by atoms with Crippen molar-refractivity contribution in [3.63, 3.8) is 0 Å². The van der Waals surface area contributed by atoms with Gasteiger partial charge >= 0.3 is 0 Å². The lowest BCUT2D eigenvalue weighted by molar-refractivity contribution is 0.152. The Balaban J connectivity index is 3.17. The minimum Gasteiger partial charge on any atom is -0.397 e. The van der Waals surface area contributed by atoms with Crippen molar-refractivity contribution >= 4 is 18.3 Å². The Morgan fingerprint density at radius 2 is 2.00 bits per heavy atom. The maximum Gasteiger partial charge on any atom is 0.265 e. The minimum absolute atomic E-state index is 0.0610. The lowest BCUT2D eigenvalue weighted by Gasteiger charge is -2.05. The summed E-state index contributed by atoms with van der Waals surface area (Å²) in [6, 6.07) is 4.37. The number of nitrogen functional groups attached to an aromatic ring is 1. The lowest BCUT2D eigenvalue weighted by Crippen LogP contribution is -1.95. The first-order valence-corrected chi connectivity index (χ1v) is 3.43. The molecule has 60 valence electrons.